The predicted molar refractivity (Wildman–Crippen MR) is 77.9 cm³/mol. The Kier molecular flexibility index (Phi) is 3.60. The van der Waals surface area contributed by atoms with Crippen molar-refractivity contribution in [2.45, 2.75) is 38.3 Å². The van der Waals surface area contributed by atoms with Crippen LogP contribution in [0, 0.1) is 0 Å². The predicted octanol–water partition coefficient (Wildman–Crippen LogP) is 3.81. The molecule has 1 unspecified atom stereocenters. The second-order valence-corrected chi connectivity index (χ2v) is 5.31. The lowest BCUT2D eigenvalue weighted by molar-refractivity contribution is 0.415. The molecule has 19 heavy (non-hydrogen) atoms. The van der Waals surface area contributed by atoms with E-state index in [0.29, 0.717) is 12.1 Å². The summed E-state index contributed by atoms with van der Waals surface area (Å²) >= 11 is 0. The van der Waals surface area contributed by atoms with E-state index in [4.69, 9.17) is 0 Å². The molecule has 3 rings (SSSR count). The summed E-state index contributed by atoms with van der Waals surface area (Å²) in [5.74, 6) is 0. The molecule has 2 nitrogen and oxygen atoms in total. The zero-order chi connectivity index (χ0) is 13.1. The molecule has 0 saturated heterocycles. The lowest BCUT2D eigenvalue weighted by atomic mass is 9.87. The summed E-state index contributed by atoms with van der Waals surface area (Å²) in [5.41, 5.74) is 4.29. The Balaban J connectivity index is 1.78. The molecule has 0 fully saturated rings. The van der Waals surface area contributed by atoms with Crippen molar-refractivity contribution in [2.75, 3.05) is 0 Å². The van der Waals surface area contributed by atoms with Gasteiger partial charge in [0.2, 0.25) is 0 Å². The Hall–Kier alpha value is -1.67. The molecule has 1 N–H and O–H groups in total. The molecule has 0 aliphatic heterocycles. The van der Waals surface area contributed by atoms with Gasteiger partial charge in [-0.15, -0.1) is 0 Å². The molecule has 0 bridgehead atoms. The van der Waals surface area contributed by atoms with Crippen LogP contribution in [0.5, 0.6) is 0 Å². The van der Waals surface area contributed by atoms with Crippen molar-refractivity contribution >= 4 is 0 Å². The molecule has 0 amide bonds. The van der Waals surface area contributed by atoms with Crippen LogP contribution < -0.4 is 5.32 Å². The van der Waals surface area contributed by atoms with E-state index in [1.54, 1.807) is 0 Å². The third-order valence-electron chi connectivity index (χ3n) is 4.03. The number of pyridine rings is 1. The van der Waals surface area contributed by atoms with Gasteiger partial charge in [-0.1, -0.05) is 24.3 Å². The first kappa shape index (κ1) is 12.4. The van der Waals surface area contributed by atoms with Crippen molar-refractivity contribution in [2.24, 2.45) is 0 Å². The van der Waals surface area contributed by atoms with Crippen LogP contribution in [0.2, 0.25) is 0 Å². The van der Waals surface area contributed by atoms with Crippen LogP contribution in [0.25, 0.3) is 0 Å². The normalized spacial score (nSPS) is 19.7. The Bertz CT molecular complexity index is 536. The van der Waals surface area contributed by atoms with Crippen molar-refractivity contribution in [3.8, 4) is 0 Å². The maximum atomic E-state index is 4.08. The first-order valence-corrected chi connectivity index (χ1v) is 7.08. The monoisotopic (exact) mass is 252 g/mol. The lowest BCUT2D eigenvalue weighted by Gasteiger charge is -2.29. The highest BCUT2D eigenvalue weighted by Gasteiger charge is 2.21. The van der Waals surface area contributed by atoms with Gasteiger partial charge in [0.15, 0.2) is 0 Å². The summed E-state index contributed by atoms with van der Waals surface area (Å²) in [6.45, 7) is 2.23. The molecule has 1 aromatic carbocycles. The second-order valence-electron chi connectivity index (χ2n) is 5.31. The number of fused-ring (bicyclic) bond motifs is 1. The summed E-state index contributed by atoms with van der Waals surface area (Å²) in [7, 11) is 0. The quantitative estimate of drug-likeness (QED) is 0.898. The van der Waals surface area contributed by atoms with Crippen LogP contribution in [0.3, 0.4) is 0 Å². The van der Waals surface area contributed by atoms with Gasteiger partial charge in [0, 0.05) is 24.5 Å². The molecular formula is C17H20N2. The minimum absolute atomic E-state index is 0.360. The first-order chi connectivity index (χ1) is 9.34. The fourth-order valence-corrected chi connectivity index (χ4v) is 2.98. The van der Waals surface area contributed by atoms with E-state index in [1.165, 1.54) is 36.0 Å². The van der Waals surface area contributed by atoms with Gasteiger partial charge in [0.05, 0.1) is 0 Å². The van der Waals surface area contributed by atoms with Crippen molar-refractivity contribution < 1.29 is 0 Å². The summed E-state index contributed by atoms with van der Waals surface area (Å²) in [6, 6.07) is 13.8. The number of nitrogens with one attached hydrogen (secondary N) is 1. The van der Waals surface area contributed by atoms with Crippen molar-refractivity contribution in [3.63, 3.8) is 0 Å². The van der Waals surface area contributed by atoms with Crippen molar-refractivity contribution in [1.82, 2.24) is 10.3 Å². The smallest absolute Gasteiger partial charge is 0.0328 e. The number of nitrogens with zero attached hydrogens (tertiary/aromatic N) is 1. The van der Waals surface area contributed by atoms with Crippen LogP contribution in [0.1, 0.15) is 48.5 Å². The van der Waals surface area contributed by atoms with E-state index in [2.05, 4.69) is 53.6 Å². The maximum Gasteiger partial charge on any atom is 0.0328 e. The molecule has 0 saturated carbocycles. The molecule has 98 valence electrons. The van der Waals surface area contributed by atoms with Gasteiger partial charge >= 0.3 is 0 Å². The van der Waals surface area contributed by atoms with Gasteiger partial charge < -0.3 is 5.32 Å². The van der Waals surface area contributed by atoms with Crippen molar-refractivity contribution in [1.29, 1.82) is 0 Å². The highest BCUT2D eigenvalue weighted by molar-refractivity contribution is 5.32. The Morgan fingerprint density at radius 3 is 2.79 bits per heavy atom. The van der Waals surface area contributed by atoms with Crippen LogP contribution in [-0.4, -0.2) is 4.98 Å². The molecule has 2 aromatic rings. The standard InChI is InChI=1S/C17H20N2/c1-13(14-9-11-18-12-10-14)19-17-8-4-6-15-5-2-3-7-16(15)17/h2-3,5,7,9-13,17,19H,4,6,8H2,1H3/t13-,17?/m1/s1. The zero-order valence-electron chi connectivity index (χ0n) is 11.3. The lowest BCUT2D eigenvalue weighted by Crippen LogP contribution is -2.27. The number of benzene rings is 1. The summed E-state index contributed by atoms with van der Waals surface area (Å²) < 4.78 is 0. The number of rotatable bonds is 3. The molecule has 2 heteroatoms. The third-order valence-corrected chi connectivity index (χ3v) is 4.03. The van der Waals surface area contributed by atoms with Crippen LogP contribution in [0.4, 0.5) is 0 Å². The molecule has 1 aliphatic carbocycles. The molecule has 1 aromatic heterocycles. The van der Waals surface area contributed by atoms with Crippen LogP contribution in [-0.2, 0) is 6.42 Å². The minimum Gasteiger partial charge on any atom is -0.303 e. The number of aromatic nitrogens is 1. The molecule has 1 aliphatic rings. The SMILES string of the molecule is C[C@@H](NC1CCCc2ccccc21)c1ccncc1. The molecule has 0 spiro atoms. The molecular weight excluding hydrogens is 232 g/mol. The summed E-state index contributed by atoms with van der Waals surface area (Å²) in [6.07, 6.45) is 7.45. The molecule has 1 heterocycles. The number of hydrogen-bond acceptors (Lipinski definition) is 2. The van der Waals surface area contributed by atoms with Crippen LogP contribution >= 0.6 is 0 Å². The average molecular weight is 252 g/mol. The average Bonchev–Trinajstić information content (AvgIpc) is 2.48. The fourth-order valence-electron chi connectivity index (χ4n) is 2.98. The van der Waals surface area contributed by atoms with Crippen LogP contribution in [0.15, 0.2) is 48.8 Å². The number of aryl methyl sites for hydroxylation is 1. The summed E-state index contributed by atoms with van der Waals surface area (Å²) in [5, 5.41) is 3.76. The Labute approximate surface area is 114 Å². The van der Waals surface area contributed by atoms with E-state index >= 15 is 0 Å². The highest BCUT2D eigenvalue weighted by Crippen LogP contribution is 2.31. The van der Waals surface area contributed by atoms with E-state index < -0.39 is 0 Å². The van der Waals surface area contributed by atoms with Gasteiger partial charge in [-0.05, 0) is 55.0 Å². The second kappa shape index (κ2) is 5.54. The summed E-state index contributed by atoms with van der Waals surface area (Å²) in [4.78, 5) is 4.08. The van der Waals surface area contributed by atoms with E-state index in [-0.39, 0.29) is 0 Å². The third kappa shape index (κ3) is 2.69. The molecule has 2 atom stereocenters. The largest absolute Gasteiger partial charge is 0.303 e. The minimum atomic E-state index is 0.360. The maximum absolute atomic E-state index is 4.08. The Morgan fingerprint density at radius 2 is 1.95 bits per heavy atom. The van der Waals surface area contributed by atoms with Gasteiger partial charge in [0.25, 0.3) is 0 Å². The van der Waals surface area contributed by atoms with Gasteiger partial charge in [0.1, 0.15) is 0 Å². The molecule has 0 radical (unpaired) electrons. The highest BCUT2D eigenvalue weighted by atomic mass is 14.9. The topological polar surface area (TPSA) is 24.9 Å². The number of hydrogen-bond donors (Lipinski definition) is 1. The fraction of sp³-hybridized carbons (Fsp3) is 0.353. The first-order valence-electron chi connectivity index (χ1n) is 7.08. The van der Waals surface area contributed by atoms with Gasteiger partial charge in [-0.2, -0.15) is 0 Å². The van der Waals surface area contributed by atoms with Crippen molar-refractivity contribution in [3.05, 3.63) is 65.5 Å². The van der Waals surface area contributed by atoms with Gasteiger partial charge in [-0.3, -0.25) is 4.98 Å². The zero-order valence-corrected chi connectivity index (χ0v) is 11.3. The van der Waals surface area contributed by atoms with E-state index in [9.17, 15) is 0 Å². The Morgan fingerprint density at radius 1 is 1.16 bits per heavy atom. The van der Waals surface area contributed by atoms with Gasteiger partial charge in [-0.25, -0.2) is 0 Å². The van der Waals surface area contributed by atoms with E-state index in [0.717, 1.165) is 0 Å². The van der Waals surface area contributed by atoms with E-state index in [1.807, 2.05) is 12.4 Å².